The van der Waals surface area contributed by atoms with E-state index in [4.69, 9.17) is 0 Å². The average molecular weight is 270 g/mol. The summed E-state index contributed by atoms with van der Waals surface area (Å²) in [6, 6.07) is 0. The van der Waals surface area contributed by atoms with Crippen LogP contribution in [-0.2, 0) is 0 Å². The minimum absolute atomic E-state index is 0.344. The third-order valence-corrected chi connectivity index (χ3v) is 5.91. The van der Waals surface area contributed by atoms with Gasteiger partial charge in [0.15, 0.2) is 0 Å². The summed E-state index contributed by atoms with van der Waals surface area (Å²) in [5, 5.41) is 0.686. The number of likely N-dealkylation sites (tertiary alicyclic amines) is 2. The molecule has 2 aliphatic rings. The van der Waals surface area contributed by atoms with Crippen molar-refractivity contribution < 1.29 is 0 Å². The van der Waals surface area contributed by atoms with E-state index in [1.807, 2.05) is 11.8 Å². The van der Waals surface area contributed by atoms with Crippen LogP contribution in [0.4, 0.5) is 0 Å². The summed E-state index contributed by atoms with van der Waals surface area (Å²) in [5.74, 6) is 0. The van der Waals surface area contributed by atoms with E-state index in [9.17, 15) is 0 Å². The minimum Gasteiger partial charge on any atom is -0.298 e. The summed E-state index contributed by atoms with van der Waals surface area (Å²) in [5.41, 5.74) is 0.937. The maximum absolute atomic E-state index is 2.71. The Morgan fingerprint density at radius 1 is 1.11 bits per heavy atom. The van der Waals surface area contributed by atoms with E-state index in [1.165, 1.54) is 45.4 Å². The molecule has 2 atom stereocenters. The molecule has 2 unspecified atom stereocenters. The molecule has 0 bridgehead atoms. The average Bonchev–Trinajstić information content (AvgIpc) is 2.72. The summed E-state index contributed by atoms with van der Waals surface area (Å²) < 4.78 is 0. The molecule has 2 heterocycles. The highest BCUT2D eigenvalue weighted by atomic mass is 32.2. The lowest BCUT2D eigenvalue weighted by atomic mass is 9.79. The Kier molecular flexibility index (Phi) is 4.35. The second kappa shape index (κ2) is 5.34. The molecular weight excluding hydrogens is 240 g/mol. The summed E-state index contributed by atoms with van der Waals surface area (Å²) in [6.07, 6.45) is 6.48. The van der Waals surface area contributed by atoms with Crippen molar-refractivity contribution in [3.8, 4) is 0 Å². The Morgan fingerprint density at radius 2 is 1.83 bits per heavy atom. The lowest BCUT2D eigenvalue weighted by Crippen LogP contribution is -2.49. The van der Waals surface area contributed by atoms with Crippen LogP contribution >= 0.6 is 11.8 Å². The van der Waals surface area contributed by atoms with Crippen LogP contribution in [0.5, 0.6) is 0 Å². The van der Waals surface area contributed by atoms with Crippen molar-refractivity contribution in [1.82, 2.24) is 9.80 Å². The van der Waals surface area contributed by atoms with Crippen molar-refractivity contribution in [2.75, 3.05) is 32.4 Å². The molecule has 2 nitrogen and oxygen atoms in total. The standard InChI is InChI=1S/C15H30N2S/c1-13(18-5)16-9-6-7-15(11-16)8-10-17(12-15)14(2,3)4/h13H,6-12H2,1-5H3. The quantitative estimate of drug-likeness (QED) is 0.760. The van der Waals surface area contributed by atoms with E-state index >= 15 is 0 Å². The maximum atomic E-state index is 2.71. The number of rotatable bonds is 2. The molecule has 0 aliphatic carbocycles. The second-order valence-corrected chi connectivity index (χ2v) is 8.41. The first-order chi connectivity index (χ1) is 8.36. The second-order valence-electron chi connectivity index (χ2n) is 7.25. The molecule has 3 heteroatoms. The predicted octanol–water partition coefficient (Wildman–Crippen LogP) is 3.28. The lowest BCUT2D eigenvalue weighted by molar-refractivity contribution is 0.0730. The minimum atomic E-state index is 0.344. The van der Waals surface area contributed by atoms with Gasteiger partial charge in [0.05, 0.1) is 5.37 Å². The number of nitrogens with zero attached hydrogens (tertiary/aromatic N) is 2. The Morgan fingerprint density at radius 3 is 2.39 bits per heavy atom. The number of hydrogen-bond donors (Lipinski definition) is 0. The third kappa shape index (κ3) is 3.05. The predicted molar refractivity (Wildman–Crippen MR) is 82.2 cm³/mol. The smallest absolute Gasteiger partial charge is 0.0526 e. The summed E-state index contributed by atoms with van der Waals surface area (Å²) in [4.78, 5) is 5.40. The van der Waals surface area contributed by atoms with Gasteiger partial charge in [0.25, 0.3) is 0 Å². The number of thioether (sulfide) groups is 1. The van der Waals surface area contributed by atoms with Gasteiger partial charge in [0.2, 0.25) is 0 Å². The first-order valence-corrected chi connectivity index (χ1v) is 8.67. The normalized spacial score (nSPS) is 33.2. The molecule has 18 heavy (non-hydrogen) atoms. The highest BCUT2D eigenvalue weighted by Crippen LogP contribution is 2.42. The Bertz CT molecular complexity index is 287. The van der Waals surface area contributed by atoms with Crippen LogP contribution < -0.4 is 0 Å². The molecule has 0 amide bonds. The van der Waals surface area contributed by atoms with Crippen molar-refractivity contribution in [2.24, 2.45) is 5.41 Å². The Hall–Kier alpha value is 0.270. The largest absolute Gasteiger partial charge is 0.298 e. The number of hydrogen-bond acceptors (Lipinski definition) is 3. The van der Waals surface area contributed by atoms with Gasteiger partial charge in [-0.15, -0.1) is 11.8 Å². The van der Waals surface area contributed by atoms with Gasteiger partial charge in [0, 0.05) is 18.6 Å². The van der Waals surface area contributed by atoms with E-state index in [2.05, 4.69) is 43.8 Å². The van der Waals surface area contributed by atoms with Crippen LogP contribution in [0.25, 0.3) is 0 Å². The van der Waals surface area contributed by atoms with Gasteiger partial charge < -0.3 is 0 Å². The van der Waals surface area contributed by atoms with Gasteiger partial charge in [-0.3, -0.25) is 9.80 Å². The fraction of sp³-hybridized carbons (Fsp3) is 1.00. The molecule has 0 aromatic rings. The molecule has 1 spiro atoms. The van der Waals surface area contributed by atoms with E-state index in [0.717, 1.165) is 0 Å². The fourth-order valence-corrected chi connectivity index (χ4v) is 4.02. The molecule has 0 N–H and O–H groups in total. The van der Waals surface area contributed by atoms with Crippen molar-refractivity contribution in [3.63, 3.8) is 0 Å². The van der Waals surface area contributed by atoms with Crippen LogP contribution in [0.2, 0.25) is 0 Å². The fourth-order valence-electron chi connectivity index (χ4n) is 3.55. The van der Waals surface area contributed by atoms with Crippen LogP contribution in [0.15, 0.2) is 0 Å². The van der Waals surface area contributed by atoms with Crippen LogP contribution in [0.3, 0.4) is 0 Å². The zero-order valence-electron chi connectivity index (χ0n) is 12.8. The van der Waals surface area contributed by atoms with Gasteiger partial charge >= 0.3 is 0 Å². The highest BCUT2D eigenvalue weighted by Gasteiger charge is 2.44. The molecule has 2 saturated heterocycles. The lowest BCUT2D eigenvalue weighted by Gasteiger charge is -2.43. The zero-order valence-corrected chi connectivity index (χ0v) is 13.6. The van der Waals surface area contributed by atoms with Gasteiger partial charge in [0.1, 0.15) is 0 Å². The molecule has 0 aromatic heterocycles. The Balaban J connectivity index is 2.00. The summed E-state index contributed by atoms with van der Waals surface area (Å²) >= 11 is 1.99. The van der Waals surface area contributed by atoms with Gasteiger partial charge in [-0.2, -0.15) is 0 Å². The highest BCUT2D eigenvalue weighted by molar-refractivity contribution is 7.99. The Labute approximate surface area is 117 Å². The van der Waals surface area contributed by atoms with E-state index in [0.29, 0.717) is 16.3 Å². The van der Waals surface area contributed by atoms with E-state index < -0.39 is 0 Å². The molecule has 0 aromatic carbocycles. The van der Waals surface area contributed by atoms with Crippen molar-refractivity contribution in [1.29, 1.82) is 0 Å². The van der Waals surface area contributed by atoms with E-state index in [1.54, 1.807) is 0 Å². The molecule has 106 valence electrons. The molecule has 0 saturated carbocycles. The van der Waals surface area contributed by atoms with Crippen molar-refractivity contribution in [2.45, 2.75) is 57.9 Å². The van der Waals surface area contributed by atoms with Gasteiger partial charge in [-0.25, -0.2) is 0 Å². The summed E-state index contributed by atoms with van der Waals surface area (Å²) in [7, 11) is 0. The molecular formula is C15H30N2S. The first-order valence-electron chi connectivity index (χ1n) is 7.38. The topological polar surface area (TPSA) is 6.48 Å². The molecule has 0 radical (unpaired) electrons. The SMILES string of the molecule is CSC(C)N1CCCC2(CCN(C(C)(C)C)C2)C1. The summed E-state index contributed by atoms with van der Waals surface area (Å²) in [6.45, 7) is 14.7. The molecule has 2 fully saturated rings. The zero-order chi connectivity index (χ0) is 13.4. The molecule has 2 rings (SSSR count). The van der Waals surface area contributed by atoms with Crippen molar-refractivity contribution >= 4 is 11.8 Å². The van der Waals surface area contributed by atoms with Crippen LogP contribution in [0.1, 0.15) is 47.0 Å². The maximum Gasteiger partial charge on any atom is 0.0526 e. The molecule has 2 aliphatic heterocycles. The van der Waals surface area contributed by atoms with Crippen molar-refractivity contribution in [3.05, 3.63) is 0 Å². The monoisotopic (exact) mass is 270 g/mol. The van der Waals surface area contributed by atoms with E-state index in [-0.39, 0.29) is 0 Å². The first kappa shape index (κ1) is 14.7. The van der Waals surface area contributed by atoms with Gasteiger partial charge in [-0.05, 0) is 71.7 Å². The third-order valence-electron chi connectivity index (χ3n) is 4.93. The number of piperidine rings is 1. The van der Waals surface area contributed by atoms with Gasteiger partial charge in [-0.1, -0.05) is 0 Å². The van der Waals surface area contributed by atoms with Crippen LogP contribution in [-0.4, -0.2) is 53.1 Å². The van der Waals surface area contributed by atoms with Crippen LogP contribution in [0, 0.1) is 5.41 Å².